The lowest BCUT2D eigenvalue weighted by atomic mass is 10.2. The minimum atomic E-state index is -0.761. The van der Waals surface area contributed by atoms with E-state index in [0.29, 0.717) is 27.6 Å². The van der Waals surface area contributed by atoms with Crippen LogP contribution in [0.15, 0.2) is 65.8 Å². The third kappa shape index (κ3) is 4.62. The highest BCUT2D eigenvalue weighted by molar-refractivity contribution is 7.99. The fourth-order valence-electron chi connectivity index (χ4n) is 3.21. The molecule has 0 atom stereocenters. The number of fused-ring (bicyclic) bond motifs is 1. The van der Waals surface area contributed by atoms with Gasteiger partial charge in [0.25, 0.3) is 5.69 Å². The number of aromatic nitrogens is 2. The molecule has 0 fully saturated rings. The predicted molar refractivity (Wildman–Crippen MR) is 120 cm³/mol. The van der Waals surface area contributed by atoms with E-state index < -0.39 is 22.5 Å². The molecule has 4 aromatic rings. The third-order valence-corrected chi connectivity index (χ3v) is 5.62. The number of nitro groups is 1. The van der Waals surface area contributed by atoms with Gasteiger partial charge in [0, 0.05) is 18.2 Å². The first-order valence-corrected chi connectivity index (χ1v) is 10.5. The first-order valence-electron chi connectivity index (χ1n) is 9.55. The number of carbonyl (C=O) groups is 1. The van der Waals surface area contributed by atoms with Crippen molar-refractivity contribution in [2.45, 2.75) is 5.16 Å². The van der Waals surface area contributed by atoms with Gasteiger partial charge in [0.05, 0.1) is 40.2 Å². The fourth-order valence-corrected chi connectivity index (χ4v) is 4.03. The van der Waals surface area contributed by atoms with Crippen molar-refractivity contribution in [3.63, 3.8) is 0 Å². The summed E-state index contributed by atoms with van der Waals surface area (Å²) in [7, 11) is 1.51. The average Bonchev–Trinajstić information content (AvgIpc) is 3.17. The molecule has 4 rings (SSSR count). The summed E-state index contributed by atoms with van der Waals surface area (Å²) in [6.45, 7) is 0. The van der Waals surface area contributed by atoms with Crippen LogP contribution in [0, 0.1) is 21.7 Å². The summed E-state index contributed by atoms with van der Waals surface area (Å²) in [6.07, 6.45) is 0. The van der Waals surface area contributed by atoms with Crippen molar-refractivity contribution in [1.82, 2.24) is 9.55 Å². The molecule has 11 heteroatoms. The number of hydrogen-bond acceptors (Lipinski definition) is 6. The minimum Gasteiger partial charge on any atom is -0.495 e. The van der Waals surface area contributed by atoms with Crippen LogP contribution < -0.4 is 10.1 Å². The van der Waals surface area contributed by atoms with Crippen molar-refractivity contribution in [1.29, 1.82) is 0 Å². The van der Waals surface area contributed by atoms with Gasteiger partial charge in [-0.1, -0.05) is 23.9 Å². The fraction of sp³-hybridized carbons (Fsp3) is 0.0909. The van der Waals surface area contributed by atoms with E-state index in [9.17, 15) is 23.7 Å². The number of thioether (sulfide) groups is 1. The minimum absolute atomic E-state index is 0.122. The number of imidazole rings is 1. The maximum atomic E-state index is 13.8. The van der Waals surface area contributed by atoms with E-state index in [1.54, 1.807) is 34.9 Å². The zero-order chi connectivity index (χ0) is 23.5. The second kappa shape index (κ2) is 9.25. The summed E-state index contributed by atoms with van der Waals surface area (Å²) in [5.74, 6) is -1.66. The number of rotatable bonds is 7. The highest BCUT2D eigenvalue weighted by Crippen LogP contribution is 2.34. The first kappa shape index (κ1) is 22.2. The lowest BCUT2D eigenvalue weighted by molar-refractivity contribution is -0.384. The van der Waals surface area contributed by atoms with E-state index >= 15 is 0 Å². The Kier molecular flexibility index (Phi) is 6.22. The quantitative estimate of drug-likeness (QED) is 0.233. The monoisotopic (exact) mass is 470 g/mol. The van der Waals surface area contributed by atoms with E-state index in [1.807, 2.05) is 0 Å². The van der Waals surface area contributed by atoms with Crippen LogP contribution in [-0.4, -0.2) is 33.2 Å². The Morgan fingerprint density at radius 1 is 1.18 bits per heavy atom. The number of halogens is 2. The van der Waals surface area contributed by atoms with Crippen molar-refractivity contribution in [3.05, 3.63) is 82.4 Å². The number of carbonyl (C=O) groups excluding carboxylic acids is 1. The number of amides is 1. The van der Waals surface area contributed by atoms with Gasteiger partial charge in [-0.05, 0) is 30.3 Å². The largest absolute Gasteiger partial charge is 0.495 e. The number of para-hydroxylation sites is 2. The van der Waals surface area contributed by atoms with E-state index in [4.69, 9.17) is 4.74 Å². The van der Waals surface area contributed by atoms with Gasteiger partial charge in [-0.3, -0.25) is 19.5 Å². The normalized spacial score (nSPS) is 10.9. The lowest BCUT2D eigenvalue weighted by Crippen LogP contribution is -2.15. The Labute approximate surface area is 190 Å². The van der Waals surface area contributed by atoms with E-state index in [2.05, 4.69) is 10.3 Å². The van der Waals surface area contributed by atoms with Crippen LogP contribution in [0.1, 0.15) is 0 Å². The number of anilines is 1. The summed E-state index contributed by atoms with van der Waals surface area (Å²) < 4.78 is 34.4. The van der Waals surface area contributed by atoms with Crippen LogP contribution in [0.5, 0.6) is 5.75 Å². The van der Waals surface area contributed by atoms with Crippen molar-refractivity contribution in [3.8, 4) is 11.4 Å². The Hall–Kier alpha value is -3.99. The molecule has 1 amide bonds. The highest BCUT2D eigenvalue weighted by atomic mass is 32.2. The molecule has 168 valence electrons. The summed E-state index contributed by atoms with van der Waals surface area (Å²) in [6, 6.07) is 14.2. The summed E-state index contributed by atoms with van der Waals surface area (Å²) in [5.41, 5.74) is 1.16. The van der Waals surface area contributed by atoms with E-state index in [0.717, 1.165) is 30.0 Å². The Morgan fingerprint density at radius 2 is 1.97 bits per heavy atom. The number of nitrogens with one attached hydrogen (secondary N) is 1. The second-order valence-electron chi connectivity index (χ2n) is 6.79. The van der Waals surface area contributed by atoms with Crippen molar-refractivity contribution in [2.24, 2.45) is 0 Å². The number of methoxy groups -OCH3 is 1. The van der Waals surface area contributed by atoms with E-state index in [1.165, 1.54) is 19.2 Å². The summed E-state index contributed by atoms with van der Waals surface area (Å²) >= 11 is 1.04. The zero-order valence-corrected chi connectivity index (χ0v) is 17.9. The van der Waals surface area contributed by atoms with Crippen LogP contribution in [0.25, 0.3) is 16.7 Å². The molecule has 33 heavy (non-hydrogen) atoms. The van der Waals surface area contributed by atoms with Crippen LogP contribution >= 0.6 is 11.8 Å². The Bertz CT molecular complexity index is 1380. The maximum absolute atomic E-state index is 13.8. The molecule has 0 saturated heterocycles. The van der Waals surface area contributed by atoms with Gasteiger partial charge in [0.2, 0.25) is 5.91 Å². The predicted octanol–water partition coefficient (Wildman–Crippen LogP) is 4.95. The molecule has 0 unspecified atom stereocenters. The molecule has 0 radical (unpaired) electrons. The van der Waals surface area contributed by atoms with Gasteiger partial charge in [-0.2, -0.15) is 0 Å². The molecule has 0 aliphatic heterocycles. The Balaban J connectivity index is 1.69. The van der Waals surface area contributed by atoms with Crippen LogP contribution in [-0.2, 0) is 4.79 Å². The molecule has 3 aromatic carbocycles. The number of nitro benzene ring substituents is 1. The summed E-state index contributed by atoms with van der Waals surface area (Å²) in [4.78, 5) is 27.5. The van der Waals surface area contributed by atoms with Crippen molar-refractivity contribution >= 4 is 40.1 Å². The zero-order valence-electron chi connectivity index (χ0n) is 17.1. The SMILES string of the molecule is COc1ccccc1-n1c(SCC(=O)Nc2cc(F)ccc2F)nc2cc([N+](=O)[O-])ccc21. The van der Waals surface area contributed by atoms with Crippen molar-refractivity contribution < 1.29 is 23.2 Å². The number of ether oxygens (including phenoxy) is 1. The number of hydrogen-bond donors (Lipinski definition) is 1. The molecular formula is C22H16F2N4O4S. The van der Waals surface area contributed by atoms with Crippen LogP contribution in [0.3, 0.4) is 0 Å². The Morgan fingerprint density at radius 3 is 2.73 bits per heavy atom. The second-order valence-corrected chi connectivity index (χ2v) is 7.74. The first-order chi connectivity index (χ1) is 15.9. The molecule has 0 spiro atoms. The van der Waals surface area contributed by atoms with Gasteiger partial charge in [-0.15, -0.1) is 0 Å². The molecule has 1 N–H and O–H groups in total. The lowest BCUT2D eigenvalue weighted by Gasteiger charge is -2.13. The van der Waals surface area contributed by atoms with Crippen LogP contribution in [0.4, 0.5) is 20.2 Å². The van der Waals surface area contributed by atoms with E-state index in [-0.39, 0.29) is 17.1 Å². The third-order valence-electron chi connectivity index (χ3n) is 4.68. The smallest absolute Gasteiger partial charge is 0.271 e. The van der Waals surface area contributed by atoms with Crippen molar-refractivity contribution in [2.75, 3.05) is 18.2 Å². The maximum Gasteiger partial charge on any atom is 0.271 e. The molecule has 1 aromatic heterocycles. The molecule has 1 heterocycles. The van der Waals surface area contributed by atoms with Gasteiger partial charge in [0.1, 0.15) is 17.4 Å². The molecule has 0 saturated carbocycles. The molecule has 0 aliphatic carbocycles. The summed E-state index contributed by atoms with van der Waals surface area (Å²) in [5, 5.41) is 13.9. The topological polar surface area (TPSA) is 99.3 Å². The molecule has 8 nitrogen and oxygen atoms in total. The molecule has 0 bridgehead atoms. The highest BCUT2D eigenvalue weighted by Gasteiger charge is 2.19. The molecule has 0 aliphatic rings. The number of non-ortho nitro benzene ring substituents is 1. The van der Waals surface area contributed by atoms with Gasteiger partial charge < -0.3 is 10.1 Å². The van der Waals surface area contributed by atoms with Gasteiger partial charge >= 0.3 is 0 Å². The number of nitrogens with zero attached hydrogens (tertiary/aromatic N) is 3. The molecular weight excluding hydrogens is 454 g/mol. The standard InChI is InChI=1S/C22H16F2N4O4S/c1-32-20-5-3-2-4-19(20)27-18-9-7-14(28(30)31)11-17(18)26-22(27)33-12-21(29)25-16-10-13(23)6-8-15(16)24/h2-11H,12H2,1H3,(H,25,29). The average molecular weight is 470 g/mol. The number of benzene rings is 3. The van der Waals surface area contributed by atoms with Gasteiger partial charge in [-0.25, -0.2) is 13.8 Å². The van der Waals surface area contributed by atoms with Gasteiger partial charge in [0.15, 0.2) is 5.16 Å². The van der Waals surface area contributed by atoms with Crippen LogP contribution in [0.2, 0.25) is 0 Å².